The first-order valence-corrected chi connectivity index (χ1v) is 12.3. The van der Waals surface area contributed by atoms with Crippen LogP contribution < -0.4 is 0 Å². The van der Waals surface area contributed by atoms with Crippen LogP contribution in [0.2, 0.25) is 0 Å². The van der Waals surface area contributed by atoms with E-state index in [1.54, 1.807) is 0 Å². The van der Waals surface area contributed by atoms with Crippen LogP contribution in [0.4, 0.5) is 0 Å². The van der Waals surface area contributed by atoms with E-state index in [9.17, 15) is 5.11 Å². The second kappa shape index (κ2) is 9.02. The summed E-state index contributed by atoms with van der Waals surface area (Å²) in [5.74, 6) is 6.74. The molecule has 1 N–H and O–H groups in total. The van der Waals surface area contributed by atoms with Crippen molar-refractivity contribution < 1.29 is 5.11 Å². The Balaban J connectivity index is 1.69. The van der Waals surface area contributed by atoms with Gasteiger partial charge in [-0.25, -0.2) is 0 Å². The Kier molecular flexibility index (Phi) is 7.15. The van der Waals surface area contributed by atoms with E-state index in [1.165, 1.54) is 57.8 Å². The van der Waals surface area contributed by atoms with Crippen LogP contribution in [0.25, 0.3) is 0 Å². The van der Waals surface area contributed by atoms with Gasteiger partial charge in [0.1, 0.15) is 0 Å². The van der Waals surface area contributed by atoms with E-state index >= 15 is 0 Å². The Bertz CT molecular complexity index is 490. The lowest BCUT2D eigenvalue weighted by Crippen LogP contribution is -2.45. The van der Waals surface area contributed by atoms with Crippen LogP contribution in [0, 0.1) is 47.3 Å². The molecule has 0 radical (unpaired) electrons. The average Bonchev–Trinajstić information content (AvgIpc) is 3.07. The summed E-state index contributed by atoms with van der Waals surface area (Å²) in [7, 11) is 0. The largest absolute Gasteiger partial charge is 0.390 e. The molecule has 0 aromatic carbocycles. The van der Waals surface area contributed by atoms with Crippen molar-refractivity contribution in [2.45, 2.75) is 104 Å². The monoisotopic (exact) mass is 374 g/mol. The van der Waals surface area contributed by atoms with Crippen molar-refractivity contribution >= 4 is 0 Å². The van der Waals surface area contributed by atoms with Gasteiger partial charge in [0.15, 0.2) is 0 Å². The van der Waals surface area contributed by atoms with Gasteiger partial charge < -0.3 is 5.11 Å². The van der Waals surface area contributed by atoms with E-state index in [-0.39, 0.29) is 0 Å². The van der Waals surface area contributed by atoms with Gasteiger partial charge in [-0.1, -0.05) is 59.1 Å². The lowest BCUT2D eigenvalue weighted by atomic mass is 9.54. The van der Waals surface area contributed by atoms with Crippen molar-refractivity contribution in [2.24, 2.45) is 47.3 Å². The molecular formula is C26H46O. The molecule has 3 saturated carbocycles. The fraction of sp³-hybridized carbons (Fsp3) is 0.923. The molecule has 1 nitrogen and oxygen atoms in total. The molecule has 27 heavy (non-hydrogen) atoms. The summed E-state index contributed by atoms with van der Waals surface area (Å²) in [5.41, 5.74) is -0.513. The Morgan fingerprint density at radius 3 is 2.22 bits per heavy atom. The highest BCUT2D eigenvalue weighted by atomic mass is 16.3. The summed E-state index contributed by atoms with van der Waals surface area (Å²) in [6.07, 6.45) is 18.0. The SMILES string of the molecule is CCCC1C(CC)CCC2C1CCC1C2CCC1C(C)(O)C/C=C/C(C)C. The van der Waals surface area contributed by atoms with Gasteiger partial charge in [0.25, 0.3) is 0 Å². The van der Waals surface area contributed by atoms with Gasteiger partial charge in [0.05, 0.1) is 5.60 Å². The van der Waals surface area contributed by atoms with Crippen molar-refractivity contribution in [3.63, 3.8) is 0 Å². The summed E-state index contributed by atoms with van der Waals surface area (Å²) in [4.78, 5) is 0. The number of allylic oxidation sites excluding steroid dienone is 1. The first-order chi connectivity index (χ1) is 12.9. The topological polar surface area (TPSA) is 20.2 Å². The Morgan fingerprint density at radius 1 is 0.926 bits per heavy atom. The van der Waals surface area contributed by atoms with E-state index < -0.39 is 5.60 Å². The minimum Gasteiger partial charge on any atom is -0.390 e. The molecular weight excluding hydrogens is 328 g/mol. The summed E-state index contributed by atoms with van der Waals surface area (Å²) >= 11 is 0. The van der Waals surface area contributed by atoms with Crippen molar-refractivity contribution in [1.82, 2.24) is 0 Å². The summed E-state index contributed by atoms with van der Waals surface area (Å²) in [5, 5.41) is 11.3. The van der Waals surface area contributed by atoms with Crippen molar-refractivity contribution in [3.8, 4) is 0 Å². The van der Waals surface area contributed by atoms with E-state index in [1.807, 2.05) is 0 Å². The van der Waals surface area contributed by atoms with Gasteiger partial charge >= 0.3 is 0 Å². The average molecular weight is 375 g/mol. The molecule has 3 rings (SSSR count). The van der Waals surface area contributed by atoms with E-state index in [2.05, 4.69) is 46.8 Å². The van der Waals surface area contributed by atoms with Crippen molar-refractivity contribution in [1.29, 1.82) is 0 Å². The van der Waals surface area contributed by atoms with Crippen molar-refractivity contribution in [2.75, 3.05) is 0 Å². The highest BCUT2D eigenvalue weighted by Gasteiger charge is 2.53. The second-order valence-electron chi connectivity index (χ2n) is 10.8. The molecule has 3 aliphatic carbocycles. The molecule has 8 atom stereocenters. The molecule has 0 saturated heterocycles. The number of aliphatic hydroxyl groups is 1. The first kappa shape index (κ1) is 21.4. The minimum atomic E-state index is -0.513. The lowest BCUT2D eigenvalue weighted by Gasteiger charge is -2.51. The van der Waals surface area contributed by atoms with Gasteiger partial charge in [-0.15, -0.1) is 0 Å². The number of fused-ring (bicyclic) bond motifs is 3. The zero-order chi connectivity index (χ0) is 19.6. The second-order valence-corrected chi connectivity index (χ2v) is 10.8. The van der Waals surface area contributed by atoms with Crippen LogP contribution in [0.1, 0.15) is 98.8 Å². The van der Waals surface area contributed by atoms with Crippen molar-refractivity contribution in [3.05, 3.63) is 12.2 Å². The molecule has 0 aromatic heterocycles. The normalized spacial score (nSPS) is 41.5. The van der Waals surface area contributed by atoms with Crippen LogP contribution in [0.3, 0.4) is 0 Å². The number of hydrogen-bond donors (Lipinski definition) is 1. The van der Waals surface area contributed by atoms with Gasteiger partial charge in [-0.2, -0.15) is 0 Å². The van der Waals surface area contributed by atoms with Crippen LogP contribution in [0.15, 0.2) is 12.2 Å². The third-order valence-corrected chi connectivity index (χ3v) is 8.83. The summed E-state index contributed by atoms with van der Waals surface area (Å²) in [6, 6.07) is 0. The molecule has 3 fully saturated rings. The predicted molar refractivity (Wildman–Crippen MR) is 117 cm³/mol. The Morgan fingerprint density at radius 2 is 1.56 bits per heavy atom. The van der Waals surface area contributed by atoms with Gasteiger partial charge in [0.2, 0.25) is 0 Å². The number of rotatable bonds is 7. The van der Waals surface area contributed by atoms with E-state index in [4.69, 9.17) is 0 Å². The zero-order valence-corrected chi connectivity index (χ0v) is 18.8. The fourth-order valence-electron chi connectivity index (χ4n) is 7.68. The molecule has 0 heterocycles. The standard InChI is InChI=1S/C26H46O/c1-6-9-20-19(7-2)11-12-22-21(20)13-14-24-23(22)15-16-25(24)26(5,27)17-8-10-18(3)4/h8,10,18-25,27H,6-7,9,11-17H2,1-5H3/b10-8+. The number of hydrogen-bond acceptors (Lipinski definition) is 1. The maximum absolute atomic E-state index is 11.3. The maximum Gasteiger partial charge on any atom is 0.0684 e. The fourth-order valence-corrected chi connectivity index (χ4v) is 7.68. The zero-order valence-electron chi connectivity index (χ0n) is 18.8. The highest BCUT2D eigenvalue weighted by molar-refractivity contribution is 5.05. The van der Waals surface area contributed by atoms with Crippen LogP contribution in [-0.4, -0.2) is 10.7 Å². The Labute approximate surface area is 169 Å². The molecule has 8 unspecified atom stereocenters. The van der Waals surface area contributed by atoms with Gasteiger partial charge in [-0.05, 0) is 99.2 Å². The summed E-state index contributed by atoms with van der Waals surface area (Å²) < 4.78 is 0. The van der Waals surface area contributed by atoms with Crippen LogP contribution in [-0.2, 0) is 0 Å². The minimum absolute atomic E-state index is 0.513. The van der Waals surface area contributed by atoms with Crippen LogP contribution >= 0.6 is 0 Å². The lowest BCUT2D eigenvalue weighted by molar-refractivity contribution is -0.0579. The highest BCUT2D eigenvalue weighted by Crippen LogP contribution is 2.59. The molecule has 0 aromatic rings. The van der Waals surface area contributed by atoms with Gasteiger partial charge in [-0.3, -0.25) is 0 Å². The smallest absolute Gasteiger partial charge is 0.0684 e. The molecule has 3 aliphatic rings. The van der Waals surface area contributed by atoms with E-state index in [0.717, 1.165) is 41.9 Å². The van der Waals surface area contributed by atoms with E-state index in [0.29, 0.717) is 11.8 Å². The molecule has 0 aliphatic heterocycles. The molecule has 0 amide bonds. The van der Waals surface area contributed by atoms with Crippen LogP contribution in [0.5, 0.6) is 0 Å². The first-order valence-electron chi connectivity index (χ1n) is 12.3. The maximum atomic E-state index is 11.3. The molecule has 0 spiro atoms. The predicted octanol–water partition coefficient (Wildman–Crippen LogP) is 7.24. The summed E-state index contributed by atoms with van der Waals surface area (Å²) in [6.45, 7) is 11.4. The third kappa shape index (κ3) is 4.49. The molecule has 156 valence electrons. The Hall–Kier alpha value is -0.300. The third-order valence-electron chi connectivity index (χ3n) is 8.83. The van der Waals surface area contributed by atoms with Gasteiger partial charge in [0, 0.05) is 0 Å². The molecule has 1 heteroatoms. The quantitative estimate of drug-likeness (QED) is 0.465. The molecule has 0 bridgehead atoms.